The highest BCUT2D eigenvalue weighted by Crippen LogP contribution is 2.31. The molecule has 104 valence electrons. The standard InChI is InChI=1S/C15H26O3/c1-13-7-9-15(16,12-13)8-3-5-11-18-14-6-2-4-10-17-14/h12,14,16H,2-11H2,1H3/t14-,15+/m1/s1. The predicted molar refractivity (Wildman–Crippen MR) is 71.3 cm³/mol. The van der Waals surface area contributed by atoms with Crippen LogP contribution in [0.1, 0.15) is 58.3 Å². The van der Waals surface area contributed by atoms with Crippen LogP contribution in [0.25, 0.3) is 0 Å². The lowest BCUT2D eigenvalue weighted by Crippen LogP contribution is -2.24. The van der Waals surface area contributed by atoms with Crippen LogP contribution in [0.3, 0.4) is 0 Å². The first-order chi connectivity index (χ1) is 8.68. The number of hydrogen-bond donors (Lipinski definition) is 1. The Kier molecular flexibility index (Phi) is 5.22. The molecule has 0 spiro atoms. The molecule has 1 heterocycles. The van der Waals surface area contributed by atoms with E-state index in [1.807, 2.05) is 6.08 Å². The summed E-state index contributed by atoms with van der Waals surface area (Å²) in [6.45, 7) is 3.69. The van der Waals surface area contributed by atoms with Gasteiger partial charge in [-0.2, -0.15) is 0 Å². The monoisotopic (exact) mass is 254 g/mol. The van der Waals surface area contributed by atoms with Crippen molar-refractivity contribution in [3.05, 3.63) is 11.6 Å². The first-order valence-electron chi connectivity index (χ1n) is 7.32. The Bertz CT molecular complexity index is 281. The van der Waals surface area contributed by atoms with E-state index in [2.05, 4.69) is 6.92 Å². The maximum Gasteiger partial charge on any atom is 0.157 e. The second-order valence-electron chi connectivity index (χ2n) is 5.72. The number of aliphatic hydroxyl groups is 1. The molecule has 0 amide bonds. The van der Waals surface area contributed by atoms with Crippen LogP contribution in [0, 0.1) is 0 Å². The Morgan fingerprint density at radius 2 is 2.33 bits per heavy atom. The fraction of sp³-hybridized carbons (Fsp3) is 0.867. The van der Waals surface area contributed by atoms with Gasteiger partial charge in [0.2, 0.25) is 0 Å². The molecule has 0 radical (unpaired) electrons. The molecule has 1 aliphatic heterocycles. The molecule has 0 saturated carbocycles. The third-order valence-corrected chi connectivity index (χ3v) is 3.91. The van der Waals surface area contributed by atoms with Gasteiger partial charge in [0.05, 0.1) is 5.60 Å². The van der Waals surface area contributed by atoms with Gasteiger partial charge in [-0.1, -0.05) is 11.6 Å². The van der Waals surface area contributed by atoms with Crippen molar-refractivity contribution in [2.45, 2.75) is 70.2 Å². The molecule has 1 saturated heterocycles. The number of ether oxygens (including phenoxy) is 2. The quantitative estimate of drug-likeness (QED) is 0.584. The lowest BCUT2D eigenvalue weighted by molar-refractivity contribution is -0.163. The van der Waals surface area contributed by atoms with E-state index in [0.717, 1.165) is 51.7 Å². The van der Waals surface area contributed by atoms with Crippen LogP contribution in [0.2, 0.25) is 0 Å². The average Bonchev–Trinajstić information content (AvgIpc) is 2.70. The van der Waals surface area contributed by atoms with Gasteiger partial charge in [-0.3, -0.25) is 0 Å². The molecule has 0 bridgehead atoms. The van der Waals surface area contributed by atoms with E-state index in [9.17, 15) is 5.11 Å². The molecule has 1 fully saturated rings. The summed E-state index contributed by atoms with van der Waals surface area (Å²) in [7, 11) is 0. The molecule has 2 aliphatic rings. The van der Waals surface area contributed by atoms with Crippen molar-refractivity contribution in [3.63, 3.8) is 0 Å². The van der Waals surface area contributed by atoms with Gasteiger partial charge in [0, 0.05) is 13.2 Å². The fourth-order valence-corrected chi connectivity index (χ4v) is 2.80. The van der Waals surface area contributed by atoms with Gasteiger partial charge in [0.1, 0.15) is 0 Å². The van der Waals surface area contributed by atoms with Gasteiger partial charge >= 0.3 is 0 Å². The summed E-state index contributed by atoms with van der Waals surface area (Å²) >= 11 is 0. The van der Waals surface area contributed by atoms with Crippen LogP contribution >= 0.6 is 0 Å². The third-order valence-electron chi connectivity index (χ3n) is 3.91. The van der Waals surface area contributed by atoms with E-state index in [-0.39, 0.29) is 6.29 Å². The Hall–Kier alpha value is -0.380. The van der Waals surface area contributed by atoms with E-state index < -0.39 is 5.60 Å². The maximum atomic E-state index is 10.3. The zero-order chi connectivity index (χ0) is 12.8. The van der Waals surface area contributed by atoms with E-state index >= 15 is 0 Å². The summed E-state index contributed by atoms with van der Waals surface area (Å²) in [4.78, 5) is 0. The predicted octanol–water partition coefficient (Wildman–Crippen LogP) is 3.17. The van der Waals surface area contributed by atoms with Crippen molar-refractivity contribution < 1.29 is 14.6 Å². The lowest BCUT2D eigenvalue weighted by atomic mass is 9.96. The van der Waals surface area contributed by atoms with Crippen molar-refractivity contribution >= 4 is 0 Å². The van der Waals surface area contributed by atoms with Gasteiger partial charge < -0.3 is 14.6 Å². The smallest absolute Gasteiger partial charge is 0.157 e. The Balaban J connectivity index is 1.53. The SMILES string of the molecule is CC1=C[C@](O)(CCCCO[C@@H]2CCCCO2)CC1. The summed E-state index contributed by atoms with van der Waals surface area (Å²) < 4.78 is 11.2. The van der Waals surface area contributed by atoms with Crippen molar-refractivity contribution in [2.24, 2.45) is 0 Å². The molecule has 18 heavy (non-hydrogen) atoms. The van der Waals surface area contributed by atoms with Crippen molar-refractivity contribution in [1.29, 1.82) is 0 Å². The highest BCUT2D eigenvalue weighted by atomic mass is 16.7. The minimum absolute atomic E-state index is 0.0236. The summed E-state index contributed by atoms with van der Waals surface area (Å²) in [5.74, 6) is 0. The number of allylic oxidation sites excluding steroid dienone is 1. The molecule has 0 aromatic rings. The zero-order valence-electron chi connectivity index (χ0n) is 11.5. The zero-order valence-corrected chi connectivity index (χ0v) is 11.5. The Labute approximate surface area is 110 Å². The van der Waals surface area contributed by atoms with Crippen molar-refractivity contribution in [2.75, 3.05) is 13.2 Å². The van der Waals surface area contributed by atoms with E-state index in [0.29, 0.717) is 0 Å². The number of unbranched alkanes of at least 4 members (excludes halogenated alkanes) is 1. The van der Waals surface area contributed by atoms with Crippen LogP contribution in [0.4, 0.5) is 0 Å². The fourth-order valence-electron chi connectivity index (χ4n) is 2.80. The highest BCUT2D eigenvalue weighted by Gasteiger charge is 2.28. The summed E-state index contributed by atoms with van der Waals surface area (Å²) in [5.41, 5.74) is 0.787. The van der Waals surface area contributed by atoms with Gasteiger partial charge in [-0.05, 0) is 58.3 Å². The first-order valence-corrected chi connectivity index (χ1v) is 7.32. The molecular weight excluding hydrogens is 228 g/mol. The molecule has 2 rings (SSSR count). The van der Waals surface area contributed by atoms with Crippen LogP contribution in [0.5, 0.6) is 0 Å². The average molecular weight is 254 g/mol. The van der Waals surface area contributed by atoms with Crippen LogP contribution in [-0.2, 0) is 9.47 Å². The van der Waals surface area contributed by atoms with Gasteiger partial charge in [0.25, 0.3) is 0 Å². The molecule has 0 aromatic heterocycles. The minimum Gasteiger partial charge on any atom is -0.386 e. The Morgan fingerprint density at radius 1 is 1.44 bits per heavy atom. The highest BCUT2D eigenvalue weighted by molar-refractivity contribution is 5.16. The summed E-state index contributed by atoms with van der Waals surface area (Å²) in [5, 5.41) is 10.3. The second-order valence-corrected chi connectivity index (χ2v) is 5.72. The van der Waals surface area contributed by atoms with Gasteiger partial charge in [0.15, 0.2) is 6.29 Å². The van der Waals surface area contributed by atoms with E-state index in [1.54, 1.807) is 0 Å². The maximum absolute atomic E-state index is 10.3. The lowest BCUT2D eigenvalue weighted by Gasteiger charge is -2.23. The Morgan fingerprint density at radius 3 is 3.00 bits per heavy atom. The molecule has 0 unspecified atom stereocenters. The minimum atomic E-state index is -0.536. The van der Waals surface area contributed by atoms with Crippen molar-refractivity contribution in [3.8, 4) is 0 Å². The van der Waals surface area contributed by atoms with E-state index in [1.165, 1.54) is 18.4 Å². The number of rotatable bonds is 6. The van der Waals surface area contributed by atoms with E-state index in [4.69, 9.17) is 9.47 Å². The van der Waals surface area contributed by atoms with Gasteiger partial charge in [-0.25, -0.2) is 0 Å². The summed E-state index contributed by atoms with van der Waals surface area (Å²) in [6, 6.07) is 0. The molecule has 3 nitrogen and oxygen atoms in total. The largest absolute Gasteiger partial charge is 0.386 e. The van der Waals surface area contributed by atoms with Crippen LogP contribution in [0.15, 0.2) is 11.6 Å². The topological polar surface area (TPSA) is 38.7 Å². The summed E-state index contributed by atoms with van der Waals surface area (Å²) in [6.07, 6.45) is 10.3. The molecule has 0 aromatic carbocycles. The molecule has 1 N–H and O–H groups in total. The molecular formula is C15H26O3. The van der Waals surface area contributed by atoms with Crippen LogP contribution in [-0.4, -0.2) is 30.2 Å². The number of hydrogen-bond acceptors (Lipinski definition) is 3. The van der Waals surface area contributed by atoms with Crippen LogP contribution < -0.4 is 0 Å². The second kappa shape index (κ2) is 6.69. The molecule has 1 aliphatic carbocycles. The normalized spacial score (nSPS) is 32.6. The molecule has 2 atom stereocenters. The molecule has 3 heteroatoms. The first kappa shape index (κ1) is 14.0. The van der Waals surface area contributed by atoms with Gasteiger partial charge in [-0.15, -0.1) is 0 Å². The third kappa shape index (κ3) is 4.38. The van der Waals surface area contributed by atoms with Crippen molar-refractivity contribution in [1.82, 2.24) is 0 Å².